The molecule has 0 amide bonds. The first-order valence-electron chi connectivity index (χ1n) is 12.5. The van der Waals surface area contributed by atoms with Crippen LogP contribution in [0.25, 0.3) is 11.1 Å². The molecule has 0 spiro atoms. The van der Waals surface area contributed by atoms with E-state index in [2.05, 4.69) is 104 Å². The number of benzene rings is 2. The van der Waals surface area contributed by atoms with E-state index in [1.165, 1.54) is 21.7 Å². The van der Waals surface area contributed by atoms with Crippen LogP contribution in [0.5, 0.6) is 0 Å². The second kappa shape index (κ2) is 8.64. The quantitative estimate of drug-likeness (QED) is 0.417. The molecule has 0 radical (unpaired) electrons. The molecular weight excluding hydrogens is 454 g/mol. The van der Waals surface area contributed by atoms with Gasteiger partial charge < -0.3 is 0 Å². The highest BCUT2D eigenvalue weighted by molar-refractivity contribution is 7.70. The third kappa shape index (κ3) is 4.58. The van der Waals surface area contributed by atoms with Crippen LogP contribution in [0.2, 0.25) is 0 Å². The van der Waals surface area contributed by atoms with Gasteiger partial charge in [0.1, 0.15) is 11.6 Å². The van der Waals surface area contributed by atoms with Crippen LogP contribution in [0.4, 0.5) is 0 Å². The molecule has 2 fully saturated rings. The third-order valence-corrected chi connectivity index (χ3v) is 14.7. The molecule has 34 heavy (non-hydrogen) atoms. The van der Waals surface area contributed by atoms with Crippen molar-refractivity contribution < 1.29 is 9.59 Å². The maximum atomic E-state index is 12.6. The monoisotopic (exact) mass is 494 g/mol. The number of hydrogen-bond donors (Lipinski definition) is 0. The zero-order valence-electron chi connectivity index (χ0n) is 22.2. The van der Waals surface area contributed by atoms with Crippen LogP contribution in [0.1, 0.15) is 81.1 Å². The number of ketones is 2. The first-order chi connectivity index (χ1) is 15.7. The van der Waals surface area contributed by atoms with Gasteiger partial charge in [0, 0.05) is 25.7 Å². The Morgan fingerprint density at radius 2 is 0.765 bits per heavy atom. The Balaban J connectivity index is 1.92. The number of Topliss-reactive ketones (excluding diaryl/α,β-unsaturated/α-hetero) is 2. The van der Waals surface area contributed by atoms with Crippen LogP contribution >= 0.6 is 15.8 Å². The average molecular weight is 495 g/mol. The Labute approximate surface area is 208 Å². The maximum absolute atomic E-state index is 12.6. The van der Waals surface area contributed by atoms with Gasteiger partial charge in [-0.1, -0.05) is 120 Å². The van der Waals surface area contributed by atoms with Gasteiger partial charge in [-0.05, 0) is 42.4 Å². The predicted octanol–water partition coefficient (Wildman–Crippen LogP) is 7.41. The third-order valence-electron chi connectivity index (χ3n) is 7.52. The van der Waals surface area contributed by atoms with Crippen LogP contribution in [0.3, 0.4) is 0 Å². The fraction of sp³-hybridized carbons (Fsp3) is 0.533. The van der Waals surface area contributed by atoms with Gasteiger partial charge >= 0.3 is 0 Å². The molecular formula is C30H40O2P2. The average Bonchev–Trinajstić information content (AvgIpc) is 2.64. The Hall–Kier alpha value is -1.36. The van der Waals surface area contributed by atoms with Crippen molar-refractivity contribution in [1.82, 2.24) is 0 Å². The van der Waals surface area contributed by atoms with Crippen LogP contribution in [-0.4, -0.2) is 32.2 Å². The summed E-state index contributed by atoms with van der Waals surface area (Å²) >= 11 is 0. The summed E-state index contributed by atoms with van der Waals surface area (Å²) in [6.07, 6.45) is 2.64. The van der Waals surface area contributed by atoms with E-state index in [4.69, 9.17) is 0 Å². The van der Waals surface area contributed by atoms with Crippen LogP contribution in [0.15, 0.2) is 48.5 Å². The lowest BCUT2D eigenvalue weighted by Crippen LogP contribution is -2.44. The van der Waals surface area contributed by atoms with E-state index in [0.29, 0.717) is 37.2 Å². The van der Waals surface area contributed by atoms with E-state index in [1.807, 2.05) is 0 Å². The summed E-state index contributed by atoms with van der Waals surface area (Å²) in [5, 5.41) is 2.68. The molecule has 4 heteroatoms. The molecule has 0 aromatic heterocycles. The van der Waals surface area contributed by atoms with Gasteiger partial charge in [-0.3, -0.25) is 9.59 Å². The molecule has 2 aliphatic heterocycles. The van der Waals surface area contributed by atoms with Crippen molar-refractivity contribution in [1.29, 1.82) is 0 Å². The van der Waals surface area contributed by atoms with Gasteiger partial charge in [0.2, 0.25) is 0 Å². The lowest BCUT2D eigenvalue weighted by molar-refractivity contribution is -0.121. The highest BCUT2D eigenvalue weighted by atomic mass is 31.1. The minimum absolute atomic E-state index is 0.0413. The van der Waals surface area contributed by atoms with Gasteiger partial charge in [0.15, 0.2) is 0 Å². The van der Waals surface area contributed by atoms with E-state index in [9.17, 15) is 9.59 Å². The van der Waals surface area contributed by atoms with Crippen molar-refractivity contribution >= 4 is 38.0 Å². The molecule has 0 atom stereocenters. The molecule has 0 aliphatic carbocycles. The molecule has 0 bridgehead atoms. The van der Waals surface area contributed by atoms with E-state index in [-0.39, 0.29) is 20.6 Å². The van der Waals surface area contributed by atoms with Crippen LogP contribution < -0.4 is 10.6 Å². The minimum Gasteiger partial charge on any atom is -0.300 e. The Bertz CT molecular complexity index is 997. The van der Waals surface area contributed by atoms with Crippen LogP contribution in [0, 0.1) is 0 Å². The Kier molecular flexibility index (Phi) is 6.54. The molecule has 2 nitrogen and oxygen atoms in total. The first kappa shape index (κ1) is 25.7. The molecule has 0 saturated carbocycles. The number of hydrogen-bond acceptors (Lipinski definition) is 2. The number of carbonyl (C=O) groups is 2. The van der Waals surface area contributed by atoms with Crippen molar-refractivity contribution in [3.05, 3.63) is 48.5 Å². The van der Waals surface area contributed by atoms with Gasteiger partial charge in [-0.15, -0.1) is 0 Å². The van der Waals surface area contributed by atoms with E-state index < -0.39 is 15.8 Å². The van der Waals surface area contributed by atoms with Crippen molar-refractivity contribution in [2.75, 3.05) is 0 Å². The fourth-order valence-corrected chi connectivity index (χ4v) is 15.7. The zero-order valence-corrected chi connectivity index (χ0v) is 23.9. The minimum atomic E-state index is -0.577. The van der Waals surface area contributed by atoms with Crippen molar-refractivity contribution in [2.45, 2.75) is 102 Å². The Morgan fingerprint density at radius 3 is 1.06 bits per heavy atom. The Morgan fingerprint density at radius 1 is 0.500 bits per heavy atom. The first-order valence-corrected chi connectivity index (χ1v) is 15.2. The molecule has 2 aliphatic rings. The zero-order chi connectivity index (χ0) is 25.1. The molecule has 4 rings (SSSR count). The molecule has 0 unspecified atom stereocenters. The summed E-state index contributed by atoms with van der Waals surface area (Å²) < 4.78 is 0. The second-order valence-corrected chi connectivity index (χ2v) is 19.9. The highest BCUT2D eigenvalue weighted by Crippen LogP contribution is 2.67. The topological polar surface area (TPSA) is 34.1 Å². The molecule has 182 valence electrons. The van der Waals surface area contributed by atoms with Gasteiger partial charge in [-0.2, -0.15) is 0 Å². The van der Waals surface area contributed by atoms with Crippen LogP contribution in [-0.2, 0) is 9.59 Å². The second-order valence-electron chi connectivity index (χ2n) is 12.7. The van der Waals surface area contributed by atoms with Crippen molar-refractivity contribution in [2.24, 2.45) is 0 Å². The van der Waals surface area contributed by atoms with Gasteiger partial charge in [-0.25, -0.2) is 0 Å². The maximum Gasteiger partial charge on any atom is 0.134 e. The molecule has 0 N–H and O–H groups in total. The predicted molar refractivity (Wildman–Crippen MR) is 150 cm³/mol. The highest BCUT2D eigenvalue weighted by Gasteiger charge is 2.50. The lowest BCUT2D eigenvalue weighted by Gasteiger charge is -2.51. The number of rotatable bonds is 3. The van der Waals surface area contributed by atoms with E-state index >= 15 is 0 Å². The molecule has 2 aromatic rings. The SMILES string of the molecule is CC1(C)CC(=O)CC(C)(C)P1c1ccccc1-c1ccccc1P1C(C)(C)CC(=O)CC1(C)C. The van der Waals surface area contributed by atoms with Crippen molar-refractivity contribution in [3.8, 4) is 11.1 Å². The van der Waals surface area contributed by atoms with Crippen molar-refractivity contribution in [3.63, 3.8) is 0 Å². The molecule has 2 aromatic carbocycles. The molecule has 2 saturated heterocycles. The fourth-order valence-electron chi connectivity index (χ4n) is 7.11. The summed E-state index contributed by atoms with van der Waals surface area (Å²) in [6.45, 7) is 18.4. The largest absolute Gasteiger partial charge is 0.300 e. The van der Waals surface area contributed by atoms with E-state index in [1.54, 1.807) is 0 Å². The summed E-state index contributed by atoms with van der Waals surface area (Å²) in [6, 6.07) is 17.9. The summed E-state index contributed by atoms with van der Waals surface area (Å²) in [5.41, 5.74) is 2.65. The smallest absolute Gasteiger partial charge is 0.134 e. The van der Waals surface area contributed by atoms with E-state index in [0.717, 1.165) is 0 Å². The molecule has 2 heterocycles. The van der Waals surface area contributed by atoms with Gasteiger partial charge in [0.25, 0.3) is 0 Å². The summed E-state index contributed by atoms with van der Waals surface area (Å²) in [7, 11) is -1.15. The number of carbonyl (C=O) groups excluding carboxylic acids is 2. The normalized spacial score (nSPS) is 24.2. The van der Waals surface area contributed by atoms with Gasteiger partial charge in [0.05, 0.1) is 0 Å². The summed E-state index contributed by atoms with van der Waals surface area (Å²) in [4.78, 5) is 25.3. The standard InChI is InChI=1S/C30H40O2P2/c1-27(2)17-21(31)18-28(3,4)33(27)25-15-11-9-13-23(25)24-14-10-12-16-26(24)34-29(5,6)19-22(32)20-30(34,7)8/h9-16H,17-20H2,1-8H3. The lowest BCUT2D eigenvalue weighted by atomic mass is 9.96. The summed E-state index contributed by atoms with van der Waals surface area (Å²) in [5.74, 6) is 0.788.